The minimum absolute atomic E-state index is 0.215. The smallest absolute Gasteiger partial charge is 0.338 e. The Balaban J connectivity index is 1.00. The van der Waals surface area contributed by atoms with E-state index in [0.29, 0.717) is 34.2 Å². The third-order valence-electron chi connectivity index (χ3n) is 6.11. The maximum atomic E-state index is 12.0. The fraction of sp³-hybridized carbons (Fsp3) is 0.0714. The topological polar surface area (TPSA) is 162 Å². The van der Waals surface area contributed by atoms with Gasteiger partial charge in [-0.2, -0.15) is 10.2 Å². The SMILES string of the molecule is O=C(NN=Cc1ccc(-c2ccc3c(c2)COC3=O)o1)C(=O)N/N=C/c1ccc(-c2ccc3c(c2)COC3=O)o1. The summed E-state index contributed by atoms with van der Waals surface area (Å²) in [6, 6.07) is 17.2. The molecule has 2 N–H and O–H groups in total. The molecule has 0 saturated heterocycles. The van der Waals surface area contributed by atoms with E-state index in [2.05, 4.69) is 21.1 Å². The zero-order valence-electron chi connectivity index (χ0n) is 20.5. The molecule has 0 aliphatic carbocycles. The standard InChI is InChI=1S/C28H18N4O8/c33-25(31-29-11-19-3-7-23(39-19)15-1-5-21-17(9-15)13-37-27(21)35)26(34)32-30-12-20-4-8-24(40-20)16-2-6-22-18(10-16)14-38-28(22)36/h1-12H,13-14H2,(H,31,33)(H,32,34)/b29-11+,30-12?. The Hall–Kier alpha value is -5.78. The van der Waals surface area contributed by atoms with Crippen LogP contribution in [-0.4, -0.2) is 36.2 Å². The first kappa shape index (κ1) is 24.6. The van der Waals surface area contributed by atoms with Gasteiger partial charge in [-0.15, -0.1) is 0 Å². The lowest BCUT2D eigenvalue weighted by molar-refractivity contribution is -0.139. The lowest BCUT2D eigenvalue weighted by Crippen LogP contribution is -2.35. The van der Waals surface area contributed by atoms with Gasteiger partial charge in [0.05, 0.1) is 23.6 Å². The van der Waals surface area contributed by atoms with Crippen molar-refractivity contribution in [3.63, 3.8) is 0 Å². The first-order valence-electron chi connectivity index (χ1n) is 11.9. The Bertz CT molecular complexity index is 1620. The highest BCUT2D eigenvalue weighted by Gasteiger charge is 2.23. The van der Waals surface area contributed by atoms with Crippen LogP contribution in [0, 0.1) is 0 Å². The summed E-state index contributed by atoms with van der Waals surface area (Å²) in [4.78, 5) is 47.2. The number of hydrogen-bond donors (Lipinski definition) is 2. The number of benzene rings is 2. The van der Waals surface area contributed by atoms with Crippen molar-refractivity contribution in [2.75, 3.05) is 0 Å². The van der Waals surface area contributed by atoms with Crippen LogP contribution in [0.4, 0.5) is 0 Å². The zero-order valence-corrected chi connectivity index (χ0v) is 20.5. The Morgan fingerprint density at radius 2 is 1.10 bits per heavy atom. The van der Waals surface area contributed by atoms with E-state index in [1.807, 2.05) is 12.1 Å². The summed E-state index contributed by atoms with van der Waals surface area (Å²) in [5.74, 6) is -1.06. The maximum absolute atomic E-state index is 12.0. The van der Waals surface area contributed by atoms with Crippen LogP contribution in [0.3, 0.4) is 0 Å². The van der Waals surface area contributed by atoms with Crippen LogP contribution in [0.1, 0.15) is 43.4 Å². The zero-order chi connectivity index (χ0) is 27.6. The van der Waals surface area contributed by atoms with Crippen molar-refractivity contribution >= 4 is 36.2 Å². The largest absolute Gasteiger partial charge is 0.457 e. The van der Waals surface area contributed by atoms with E-state index in [0.717, 1.165) is 22.3 Å². The molecule has 4 aromatic rings. The van der Waals surface area contributed by atoms with Gasteiger partial charge in [0.15, 0.2) is 0 Å². The van der Waals surface area contributed by atoms with E-state index in [9.17, 15) is 19.2 Å². The van der Waals surface area contributed by atoms with Gasteiger partial charge in [0.1, 0.15) is 36.3 Å². The van der Waals surface area contributed by atoms with E-state index in [1.54, 1.807) is 48.5 Å². The minimum atomic E-state index is -1.04. The first-order chi connectivity index (χ1) is 19.4. The summed E-state index contributed by atoms with van der Waals surface area (Å²) in [6.45, 7) is 0.431. The van der Waals surface area contributed by atoms with Crippen molar-refractivity contribution in [3.05, 3.63) is 94.4 Å². The number of rotatable bonds is 6. The number of hydrazone groups is 2. The molecule has 2 aliphatic heterocycles. The molecule has 6 rings (SSSR count). The van der Waals surface area contributed by atoms with Gasteiger partial charge in [0, 0.05) is 22.3 Å². The first-order valence-corrected chi connectivity index (χ1v) is 11.9. The van der Waals surface area contributed by atoms with Crippen molar-refractivity contribution in [1.82, 2.24) is 10.9 Å². The van der Waals surface area contributed by atoms with Crippen molar-refractivity contribution in [3.8, 4) is 22.6 Å². The van der Waals surface area contributed by atoms with E-state index in [4.69, 9.17) is 18.3 Å². The summed E-state index contributed by atoms with van der Waals surface area (Å²) in [7, 11) is 0. The van der Waals surface area contributed by atoms with Crippen molar-refractivity contribution in [2.45, 2.75) is 13.2 Å². The number of amides is 2. The second kappa shape index (κ2) is 10.2. The number of nitrogens with one attached hydrogen (secondary N) is 2. The Morgan fingerprint density at radius 1 is 0.650 bits per heavy atom. The number of carbonyl (C=O) groups is 4. The number of hydrogen-bond acceptors (Lipinski definition) is 10. The summed E-state index contributed by atoms with van der Waals surface area (Å²) in [5.41, 5.74) is 8.29. The molecular weight excluding hydrogens is 520 g/mol. The molecule has 198 valence electrons. The summed E-state index contributed by atoms with van der Waals surface area (Å²) in [5, 5.41) is 7.45. The van der Waals surface area contributed by atoms with E-state index >= 15 is 0 Å². The molecule has 12 nitrogen and oxygen atoms in total. The average Bonchev–Trinajstić information content (AvgIpc) is 3.76. The molecule has 0 saturated carbocycles. The number of carbonyl (C=O) groups excluding carboxylic acids is 4. The minimum Gasteiger partial charge on any atom is -0.457 e. The molecule has 2 aromatic carbocycles. The van der Waals surface area contributed by atoms with Crippen LogP contribution >= 0.6 is 0 Å². The predicted octanol–water partition coefficient (Wildman–Crippen LogP) is 3.15. The number of nitrogens with zero attached hydrogens (tertiary/aromatic N) is 2. The van der Waals surface area contributed by atoms with Crippen LogP contribution in [0.15, 0.2) is 79.7 Å². The third kappa shape index (κ3) is 4.88. The van der Waals surface area contributed by atoms with Gasteiger partial charge in [0.25, 0.3) is 0 Å². The van der Waals surface area contributed by atoms with Crippen LogP contribution in [0.5, 0.6) is 0 Å². The highest BCUT2D eigenvalue weighted by Crippen LogP contribution is 2.29. The number of esters is 2. The second-order valence-electron chi connectivity index (χ2n) is 8.70. The van der Waals surface area contributed by atoms with Gasteiger partial charge in [-0.3, -0.25) is 9.59 Å². The van der Waals surface area contributed by atoms with Gasteiger partial charge < -0.3 is 18.3 Å². The van der Waals surface area contributed by atoms with Crippen molar-refractivity contribution < 1.29 is 37.5 Å². The highest BCUT2D eigenvalue weighted by molar-refractivity contribution is 6.35. The maximum Gasteiger partial charge on any atom is 0.338 e. The second-order valence-corrected chi connectivity index (χ2v) is 8.70. The number of furan rings is 2. The lowest BCUT2D eigenvalue weighted by Gasteiger charge is -1.99. The molecule has 2 amide bonds. The predicted molar refractivity (Wildman–Crippen MR) is 138 cm³/mol. The van der Waals surface area contributed by atoms with Crippen LogP contribution < -0.4 is 10.9 Å². The number of cyclic esters (lactones) is 2. The molecule has 2 aromatic heterocycles. The molecule has 0 bridgehead atoms. The van der Waals surface area contributed by atoms with Gasteiger partial charge in [-0.1, -0.05) is 12.1 Å². The average molecular weight is 538 g/mol. The molecule has 0 radical (unpaired) electrons. The molecule has 0 atom stereocenters. The molecule has 0 fully saturated rings. The molecule has 0 unspecified atom stereocenters. The van der Waals surface area contributed by atoms with E-state index < -0.39 is 11.8 Å². The van der Waals surface area contributed by atoms with E-state index in [-0.39, 0.29) is 25.2 Å². The number of fused-ring (bicyclic) bond motifs is 2. The van der Waals surface area contributed by atoms with Gasteiger partial charge in [0.2, 0.25) is 0 Å². The van der Waals surface area contributed by atoms with Crippen LogP contribution in [-0.2, 0) is 32.3 Å². The molecule has 40 heavy (non-hydrogen) atoms. The molecular formula is C28H18N4O8. The Kier molecular flexibility index (Phi) is 6.24. The lowest BCUT2D eigenvalue weighted by atomic mass is 10.0. The summed E-state index contributed by atoms with van der Waals surface area (Å²) in [6.07, 6.45) is 2.48. The monoisotopic (exact) mass is 538 g/mol. The third-order valence-corrected chi connectivity index (χ3v) is 6.11. The normalized spacial score (nSPS) is 13.8. The highest BCUT2D eigenvalue weighted by atomic mass is 16.5. The van der Waals surface area contributed by atoms with Gasteiger partial charge in [-0.25, -0.2) is 20.4 Å². The number of ether oxygens (including phenoxy) is 2. The molecule has 0 spiro atoms. The summed E-state index contributed by atoms with van der Waals surface area (Å²) < 4.78 is 21.4. The van der Waals surface area contributed by atoms with Gasteiger partial charge >= 0.3 is 23.8 Å². The quantitative estimate of drug-likeness (QED) is 0.164. The van der Waals surface area contributed by atoms with Crippen LogP contribution in [0.2, 0.25) is 0 Å². The van der Waals surface area contributed by atoms with Crippen molar-refractivity contribution in [1.29, 1.82) is 0 Å². The Morgan fingerprint density at radius 3 is 1.55 bits per heavy atom. The van der Waals surface area contributed by atoms with Crippen molar-refractivity contribution in [2.24, 2.45) is 10.2 Å². The molecule has 4 heterocycles. The molecule has 12 heteroatoms. The van der Waals surface area contributed by atoms with Crippen LogP contribution in [0.25, 0.3) is 22.6 Å². The molecule has 2 aliphatic rings. The van der Waals surface area contributed by atoms with E-state index in [1.165, 1.54) is 12.4 Å². The summed E-state index contributed by atoms with van der Waals surface area (Å²) >= 11 is 0. The Labute approximate surface area is 225 Å². The fourth-order valence-corrected chi connectivity index (χ4v) is 4.14. The fourth-order valence-electron chi connectivity index (χ4n) is 4.14. The van der Waals surface area contributed by atoms with Gasteiger partial charge in [-0.05, 0) is 48.5 Å².